The highest BCUT2D eigenvalue weighted by Gasteiger charge is 2.39. The molecule has 1 saturated heterocycles. The zero-order valence-electron chi connectivity index (χ0n) is 17.2. The smallest absolute Gasteiger partial charge is 0.283 e. The van der Waals surface area contributed by atoms with E-state index in [1.165, 1.54) is 12.1 Å². The van der Waals surface area contributed by atoms with Gasteiger partial charge in [0, 0.05) is 23.8 Å². The maximum absolute atomic E-state index is 13.5. The van der Waals surface area contributed by atoms with Crippen LogP contribution in [0.4, 0.5) is 15.8 Å². The van der Waals surface area contributed by atoms with E-state index in [0.717, 1.165) is 30.2 Å². The van der Waals surface area contributed by atoms with E-state index in [1.54, 1.807) is 24.3 Å². The molecular weight excluding hydrogens is 456 g/mol. The summed E-state index contributed by atoms with van der Waals surface area (Å²) in [6, 6.07) is 10.4. The Morgan fingerprint density at radius 3 is 2.59 bits per heavy atom. The number of nitrogens with one attached hydrogen (secondary N) is 1. The quantitative estimate of drug-likeness (QED) is 0.636. The molecular formula is C23H20Cl2FN3O3. The average Bonchev–Trinajstić information content (AvgIpc) is 2.99. The number of nitrogens with zero attached hydrogens (tertiary/aromatic N) is 2. The van der Waals surface area contributed by atoms with E-state index in [0.29, 0.717) is 17.8 Å². The zero-order chi connectivity index (χ0) is 23.0. The lowest BCUT2D eigenvalue weighted by Gasteiger charge is -2.33. The van der Waals surface area contributed by atoms with Gasteiger partial charge in [-0.2, -0.15) is 0 Å². The molecule has 2 aromatic carbocycles. The number of amides is 3. The predicted octanol–water partition coefficient (Wildman–Crippen LogP) is 4.93. The number of carbonyl (C=O) groups is 3. The fourth-order valence-electron chi connectivity index (χ4n) is 3.91. The van der Waals surface area contributed by atoms with E-state index in [-0.39, 0.29) is 33.4 Å². The molecule has 166 valence electrons. The number of imide groups is 1. The predicted molar refractivity (Wildman–Crippen MR) is 121 cm³/mol. The molecule has 0 aliphatic carbocycles. The van der Waals surface area contributed by atoms with Crippen LogP contribution in [0.15, 0.2) is 53.2 Å². The SMILES string of the molecule is CC1CCCCN1C(=O)c1cccc(NC2=C(Cl)C(=O)N(c3ccc(F)c(Cl)c3)C2=O)c1. The molecule has 1 atom stereocenters. The highest BCUT2D eigenvalue weighted by molar-refractivity contribution is 6.53. The summed E-state index contributed by atoms with van der Waals surface area (Å²) in [5.41, 5.74) is 0.880. The van der Waals surface area contributed by atoms with Crippen LogP contribution in [0, 0.1) is 5.82 Å². The number of hydrogen-bond acceptors (Lipinski definition) is 4. The van der Waals surface area contributed by atoms with Crippen molar-refractivity contribution in [3.05, 3.63) is 69.6 Å². The van der Waals surface area contributed by atoms with Crippen molar-refractivity contribution < 1.29 is 18.8 Å². The molecule has 32 heavy (non-hydrogen) atoms. The zero-order valence-corrected chi connectivity index (χ0v) is 18.7. The summed E-state index contributed by atoms with van der Waals surface area (Å²) in [7, 11) is 0. The number of halogens is 3. The average molecular weight is 476 g/mol. The minimum atomic E-state index is -0.754. The summed E-state index contributed by atoms with van der Waals surface area (Å²) in [6.45, 7) is 2.74. The van der Waals surface area contributed by atoms with E-state index < -0.39 is 17.6 Å². The van der Waals surface area contributed by atoms with Gasteiger partial charge in [0.05, 0.1) is 10.7 Å². The van der Waals surface area contributed by atoms with Crippen molar-refractivity contribution in [2.24, 2.45) is 0 Å². The van der Waals surface area contributed by atoms with Crippen LogP contribution in [0.1, 0.15) is 36.5 Å². The Morgan fingerprint density at radius 2 is 1.88 bits per heavy atom. The largest absolute Gasteiger partial charge is 0.350 e. The summed E-state index contributed by atoms with van der Waals surface area (Å²) >= 11 is 11.9. The Balaban J connectivity index is 1.57. The maximum atomic E-state index is 13.5. The number of anilines is 2. The summed E-state index contributed by atoms with van der Waals surface area (Å²) in [5.74, 6) is -2.21. The third-order valence-electron chi connectivity index (χ3n) is 5.63. The molecule has 0 spiro atoms. The van der Waals surface area contributed by atoms with Crippen molar-refractivity contribution in [2.45, 2.75) is 32.2 Å². The van der Waals surface area contributed by atoms with Gasteiger partial charge in [-0.05, 0) is 62.6 Å². The number of piperidine rings is 1. The van der Waals surface area contributed by atoms with Gasteiger partial charge in [0.1, 0.15) is 16.5 Å². The lowest BCUT2D eigenvalue weighted by atomic mass is 10.0. The summed E-state index contributed by atoms with van der Waals surface area (Å²) in [6.07, 6.45) is 3.04. The maximum Gasteiger partial charge on any atom is 0.283 e. The third kappa shape index (κ3) is 4.10. The molecule has 4 rings (SSSR count). The van der Waals surface area contributed by atoms with Gasteiger partial charge < -0.3 is 10.2 Å². The minimum Gasteiger partial charge on any atom is -0.350 e. The molecule has 9 heteroatoms. The number of hydrogen-bond donors (Lipinski definition) is 1. The van der Waals surface area contributed by atoms with Crippen LogP contribution in [0.3, 0.4) is 0 Å². The van der Waals surface area contributed by atoms with Crippen LogP contribution in [0.2, 0.25) is 5.02 Å². The van der Waals surface area contributed by atoms with Gasteiger partial charge in [-0.1, -0.05) is 29.3 Å². The summed E-state index contributed by atoms with van der Waals surface area (Å²) < 4.78 is 13.5. The normalized spacial score (nSPS) is 19.1. The van der Waals surface area contributed by atoms with Gasteiger partial charge in [-0.15, -0.1) is 0 Å². The molecule has 6 nitrogen and oxygen atoms in total. The molecule has 3 amide bonds. The second-order valence-electron chi connectivity index (χ2n) is 7.78. The van der Waals surface area contributed by atoms with Crippen LogP contribution in [0.25, 0.3) is 0 Å². The van der Waals surface area contributed by atoms with Crippen molar-refractivity contribution in [3.63, 3.8) is 0 Å². The van der Waals surface area contributed by atoms with E-state index in [2.05, 4.69) is 5.32 Å². The molecule has 1 N–H and O–H groups in total. The van der Waals surface area contributed by atoms with Crippen LogP contribution in [-0.2, 0) is 9.59 Å². The fourth-order valence-corrected chi connectivity index (χ4v) is 4.30. The molecule has 2 heterocycles. The third-order valence-corrected chi connectivity index (χ3v) is 6.27. The molecule has 2 aliphatic heterocycles. The molecule has 2 aliphatic rings. The van der Waals surface area contributed by atoms with Gasteiger partial charge >= 0.3 is 0 Å². The Bertz CT molecular complexity index is 1150. The second kappa shape index (κ2) is 8.92. The van der Waals surface area contributed by atoms with E-state index in [9.17, 15) is 18.8 Å². The lowest BCUT2D eigenvalue weighted by molar-refractivity contribution is -0.120. The van der Waals surface area contributed by atoms with E-state index in [1.807, 2.05) is 11.8 Å². The molecule has 1 fully saturated rings. The Labute approximate surface area is 194 Å². The molecule has 0 saturated carbocycles. The van der Waals surface area contributed by atoms with Gasteiger partial charge in [0.2, 0.25) is 0 Å². The van der Waals surface area contributed by atoms with Crippen molar-refractivity contribution in [1.29, 1.82) is 0 Å². The summed E-state index contributed by atoms with van der Waals surface area (Å²) in [4.78, 5) is 41.2. The van der Waals surface area contributed by atoms with E-state index in [4.69, 9.17) is 23.2 Å². The second-order valence-corrected chi connectivity index (χ2v) is 8.57. The van der Waals surface area contributed by atoms with Crippen LogP contribution >= 0.6 is 23.2 Å². The number of rotatable bonds is 4. The van der Waals surface area contributed by atoms with Crippen molar-refractivity contribution in [2.75, 3.05) is 16.8 Å². The van der Waals surface area contributed by atoms with Gasteiger partial charge in [0.25, 0.3) is 17.7 Å². The fraction of sp³-hybridized carbons (Fsp3) is 0.261. The van der Waals surface area contributed by atoms with Crippen LogP contribution < -0.4 is 10.2 Å². The Morgan fingerprint density at radius 1 is 1.09 bits per heavy atom. The Kier molecular flexibility index (Phi) is 6.22. The van der Waals surface area contributed by atoms with Crippen molar-refractivity contribution >= 4 is 52.3 Å². The van der Waals surface area contributed by atoms with Crippen LogP contribution in [-0.4, -0.2) is 35.2 Å². The van der Waals surface area contributed by atoms with Crippen molar-refractivity contribution in [3.8, 4) is 0 Å². The first kappa shape index (κ1) is 22.3. The van der Waals surface area contributed by atoms with Crippen molar-refractivity contribution in [1.82, 2.24) is 4.90 Å². The minimum absolute atomic E-state index is 0.0858. The molecule has 0 bridgehead atoms. The van der Waals surface area contributed by atoms with Crippen LogP contribution in [0.5, 0.6) is 0 Å². The van der Waals surface area contributed by atoms with E-state index >= 15 is 0 Å². The molecule has 1 unspecified atom stereocenters. The number of benzene rings is 2. The monoisotopic (exact) mass is 475 g/mol. The molecule has 0 radical (unpaired) electrons. The highest BCUT2D eigenvalue weighted by Crippen LogP contribution is 2.32. The lowest BCUT2D eigenvalue weighted by Crippen LogP contribution is -2.42. The first-order valence-electron chi connectivity index (χ1n) is 10.2. The molecule has 2 aromatic rings. The number of likely N-dealkylation sites (tertiary alicyclic amines) is 1. The highest BCUT2D eigenvalue weighted by atomic mass is 35.5. The van der Waals surface area contributed by atoms with Gasteiger partial charge in [-0.3, -0.25) is 14.4 Å². The molecule has 0 aromatic heterocycles. The number of carbonyl (C=O) groups excluding carboxylic acids is 3. The topological polar surface area (TPSA) is 69.7 Å². The van der Waals surface area contributed by atoms with Gasteiger partial charge in [0.15, 0.2) is 0 Å². The standard InChI is InChI=1S/C23H20Cl2FN3O3/c1-13-5-2-3-10-28(13)21(30)14-6-4-7-15(11-14)27-20-19(25)22(31)29(23(20)32)16-8-9-18(26)17(24)12-16/h4,6-9,11-13,27H,2-3,5,10H2,1H3. The summed E-state index contributed by atoms with van der Waals surface area (Å²) in [5, 5.41) is 2.33. The first-order chi connectivity index (χ1) is 15.3. The first-order valence-corrected chi connectivity index (χ1v) is 10.9. The van der Waals surface area contributed by atoms with Gasteiger partial charge in [-0.25, -0.2) is 9.29 Å². The Hall–Kier alpha value is -2.90.